The van der Waals surface area contributed by atoms with Crippen LogP contribution in [0.1, 0.15) is 26.7 Å². The first kappa shape index (κ1) is 14.4. The zero-order chi connectivity index (χ0) is 12.9. The van der Waals surface area contributed by atoms with Crippen molar-refractivity contribution >= 4 is 21.6 Å². The second-order valence-corrected chi connectivity index (χ2v) is 5.97. The van der Waals surface area contributed by atoms with E-state index in [1.54, 1.807) is 0 Å². The van der Waals surface area contributed by atoms with Crippen molar-refractivity contribution in [1.82, 2.24) is 9.29 Å². The van der Waals surface area contributed by atoms with Crippen LogP contribution in [0.5, 0.6) is 0 Å². The summed E-state index contributed by atoms with van der Waals surface area (Å²) in [4.78, 5) is 3.90. The first-order valence-corrected chi connectivity index (χ1v) is 7.45. The molecule has 0 fully saturated rings. The molecule has 0 unspecified atom stereocenters. The highest BCUT2D eigenvalue weighted by atomic mass is 35.5. The van der Waals surface area contributed by atoms with Gasteiger partial charge in [-0.1, -0.05) is 31.9 Å². The lowest BCUT2D eigenvalue weighted by molar-refractivity contribution is 0.418. The zero-order valence-electron chi connectivity index (χ0n) is 10.1. The average Bonchev–Trinajstić information content (AvgIpc) is 2.30. The number of nitrogens with zero attached hydrogens (tertiary/aromatic N) is 2. The molecule has 0 saturated heterocycles. The minimum Gasteiger partial charge on any atom is -0.263 e. The fraction of sp³-hybridized carbons (Fsp3) is 0.545. The van der Waals surface area contributed by atoms with Crippen LogP contribution in [0, 0.1) is 0 Å². The van der Waals surface area contributed by atoms with Crippen LogP contribution in [0.25, 0.3) is 0 Å². The van der Waals surface area contributed by atoms with Gasteiger partial charge in [0.15, 0.2) is 0 Å². The molecule has 0 bridgehead atoms. The quantitative estimate of drug-likeness (QED) is 0.802. The summed E-state index contributed by atoms with van der Waals surface area (Å²) in [5.74, 6) is 0. The van der Waals surface area contributed by atoms with Crippen molar-refractivity contribution in [2.24, 2.45) is 0 Å². The van der Waals surface area contributed by atoms with Crippen LogP contribution in [0.15, 0.2) is 23.4 Å². The molecular formula is C11H17ClN2O2S. The Morgan fingerprint density at radius 1 is 1.41 bits per heavy atom. The number of aromatic nitrogens is 1. The normalized spacial score (nSPS) is 12.0. The largest absolute Gasteiger partial charge is 0.263 e. The maximum absolute atomic E-state index is 12.3. The van der Waals surface area contributed by atoms with Crippen LogP contribution in [0.4, 0.5) is 0 Å². The Labute approximate surface area is 108 Å². The summed E-state index contributed by atoms with van der Waals surface area (Å²) in [5, 5.41) is 0.218. The van der Waals surface area contributed by atoms with Crippen LogP contribution < -0.4 is 0 Å². The Morgan fingerprint density at radius 2 is 2.12 bits per heavy atom. The Bertz CT molecular complexity index is 462. The highest BCUT2D eigenvalue weighted by molar-refractivity contribution is 7.89. The molecule has 0 radical (unpaired) electrons. The minimum absolute atomic E-state index is 0.0830. The minimum atomic E-state index is -3.52. The Hall–Kier alpha value is -0.650. The highest BCUT2D eigenvalue weighted by Gasteiger charge is 2.25. The average molecular weight is 277 g/mol. The molecule has 0 spiro atoms. The van der Waals surface area contributed by atoms with E-state index >= 15 is 0 Å². The summed E-state index contributed by atoms with van der Waals surface area (Å²) in [5.41, 5.74) is 0. The number of unbranched alkanes of at least 4 members (excludes halogenated alkanes) is 1. The molecule has 1 heterocycles. The van der Waals surface area contributed by atoms with E-state index in [4.69, 9.17) is 11.6 Å². The molecule has 1 rings (SSSR count). The van der Waals surface area contributed by atoms with E-state index < -0.39 is 10.0 Å². The Balaban J connectivity index is 3.05. The number of rotatable bonds is 6. The third kappa shape index (κ3) is 3.40. The van der Waals surface area contributed by atoms with Gasteiger partial charge in [-0.2, -0.15) is 4.31 Å². The maximum Gasteiger partial charge on any atom is 0.246 e. The lowest BCUT2D eigenvalue weighted by atomic mass is 10.3. The van der Waals surface area contributed by atoms with Gasteiger partial charge in [0.05, 0.1) is 5.02 Å². The van der Waals surface area contributed by atoms with Crippen LogP contribution in [0.2, 0.25) is 5.02 Å². The molecule has 0 atom stereocenters. The highest BCUT2D eigenvalue weighted by Crippen LogP contribution is 2.23. The van der Waals surface area contributed by atoms with Crippen molar-refractivity contribution in [1.29, 1.82) is 0 Å². The number of sulfonamides is 1. The van der Waals surface area contributed by atoms with Crippen LogP contribution in [0.3, 0.4) is 0 Å². The standard InChI is InChI=1S/C11H17ClN2O2S/c1-3-5-8-14(4-2)17(15,16)11-9-13-7-6-10(11)12/h6-7,9H,3-5,8H2,1-2H3. The summed E-state index contributed by atoms with van der Waals surface area (Å²) in [7, 11) is -3.52. The van der Waals surface area contributed by atoms with Gasteiger partial charge in [0.1, 0.15) is 4.90 Å². The number of hydrogen-bond donors (Lipinski definition) is 0. The number of pyridine rings is 1. The topological polar surface area (TPSA) is 50.3 Å². The summed E-state index contributed by atoms with van der Waals surface area (Å²) in [6.45, 7) is 4.79. The van der Waals surface area contributed by atoms with E-state index in [9.17, 15) is 8.42 Å². The molecule has 4 nitrogen and oxygen atoms in total. The van der Waals surface area contributed by atoms with Crippen molar-refractivity contribution in [3.63, 3.8) is 0 Å². The fourth-order valence-electron chi connectivity index (χ4n) is 1.47. The molecule has 1 aromatic heterocycles. The molecule has 0 aliphatic carbocycles. The molecule has 6 heteroatoms. The third-order valence-electron chi connectivity index (χ3n) is 2.47. The van der Waals surface area contributed by atoms with E-state index in [1.807, 2.05) is 13.8 Å². The van der Waals surface area contributed by atoms with E-state index in [2.05, 4.69) is 4.98 Å². The van der Waals surface area contributed by atoms with E-state index in [-0.39, 0.29) is 9.92 Å². The molecule has 1 aromatic rings. The molecule has 0 aliphatic heterocycles. The predicted octanol–water partition coefficient (Wildman–Crippen LogP) is 2.55. The smallest absolute Gasteiger partial charge is 0.246 e. The van der Waals surface area contributed by atoms with Crippen LogP contribution in [-0.4, -0.2) is 30.8 Å². The number of halogens is 1. The van der Waals surface area contributed by atoms with Gasteiger partial charge < -0.3 is 0 Å². The van der Waals surface area contributed by atoms with Gasteiger partial charge in [0.2, 0.25) is 10.0 Å². The van der Waals surface area contributed by atoms with Crippen molar-refractivity contribution < 1.29 is 8.42 Å². The molecule has 17 heavy (non-hydrogen) atoms. The van der Waals surface area contributed by atoms with Crippen molar-refractivity contribution in [3.05, 3.63) is 23.5 Å². The third-order valence-corrected chi connectivity index (χ3v) is 4.91. The lowest BCUT2D eigenvalue weighted by Gasteiger charge is -2.20. The molecule has 0 N–H and O–H groups in total. The first-order valence-electron chi connectivity index (χ1n) is 5.63. The molecule has 0 saturated carbocycles. The van der Waals surface area contributed by atoms with Gasteiger partial charge in [-0.15, -0.1) is 0 Å². The first-order chi connectivity index (χ1) is 8.04. The molecule has 0 aliphatic rings. The monoisotopic (exact) mass is 276 g/mol. The van der Waals surface area contributed by atoms with Crippen LogP contribution in [-0.2, 0) is 10.0 Å². The van der Waals surface area contributed by atoms with Gasteiger partial charge >= 0.3 is 0 Å². The Kier molecular flexibility index (Phi) is 5.36. The summed E-state index contributed by atoms with van der Waals surface area (Å²) in [6, 6.07) is 1.49. The van der Waals surface area contributed by atoms with E-state index in [0.29, 0.717) is 13.1 Å². The summed E-state index contributed by atoms with van der Waals surface area (Å²) in [6.07, 6.45) is 4.56. The van der Waals surface area contributed by atoms with Crippen molar-refractivity contribution in [3.8, 4) is 0 Å². The SMILES string of the molecule is CCCCN(CC)S(=O)(=O)c1cnccc1Cl. The summed E-state index contributed by atoms with van der Waals surface area (Å²) < 4.78 is 26.0. The van der Waals surface area contributed by atoms with Gasteiger partial charge in [0, 0.05) is 25.5 Å². The van der Waals surface area contributed by atoms with Gasteiger partial charge in [-0.05, 0) is 12.5 Å². The molecule has 0 aromatic carbocycles. The molecular weight excluding hydrogens is 260 g/mol. The fourth-order valence-corrected chi connectivity index (χ4v) is 3.37. The van der Waals surface area contributed by atoms with Gasteiger partial charge in [-0.3, -0.25) is 4.98 Å². The zero-order valence-corrected chi connectivity index (χ0v) is 11.6. The number of hydrogen-bond acceptors (Lipinski definition) is 3. The van der Waals surface area contributed by atoms with Gasteiger partial charge in [-0.25, -0.2) is 8.42 Å². The molecule has 96 valence electrons. The van der Waals surface area contributed by atoms with E-state index in [1.165, 1.54) is 22.8 Å². The second-order valence-electron chi connectivity index (χ2n) is 3.66. The van der Waals surface area contributed by atoms with Crippen LogP contribution >= 0.6 is 11.6 Å². The second kappa shape index (κ2) is 6.33. The van der Waals surface area contributed by atoms with Crippen molar-refractivity contribution in [2.75, 3.05) is 13.1 Å². The van der Waals surface area contributed by atoms with Gasteiger partial charge in [0.25, 0.3) is 0 Å². The molecule has 0 amide bonds. The van der Waals surface area contributed by atoms with E-state index in [0.717, 1.165) is 12.8 Å². The Morgan fingerprint density at radius 3 is 2.65 bits per heavy atom. The predicted molar refractivity (Wildman–Crippen MR) is 68.6 cm³/mol. The maximum atomic E-state index is 12.3. The summed E-state index contributed by atoms with van der Waals surface area (Å²) >= 11 is 5.90. The van der Waals surface area contributed by atoms with Crippen molar-refractivity contribution in [2.45, 2.75) is 31.6 Å². The lowest BCUT2D eigenvalue weighted by Crippen LogP contribution is -2.32.